The number of pyridine rings is 1. The number of hydrogen-bond donors (Lipinski definition) is 2. The lowest BCUT2D eigenvalue weighted by molar-refractivity contribution is -0.111. The Hall–Kier alpha value is -4.10. The highest BCUT2D eigenvalue weighted by molar-refractivity contribution is 7.91. The smallest absolute Gasteiger partial charge is 0.260 e. The van der Waals surface area contributed by atoms with E-state index in [4.69, 9.17) is 26.1 Å². The van der Waals surface area contributed by atoms with Gasteiger partial charge in [0.15, 0.2) is 0 Å². The van der Waals surface area contributed by atoms with E-state index in [0.717, 1.165) is 25.2 Å². The van der Waals surface area contributed by atoms with Crippen LogP contribution in [0.3, 0.4) is 0 Å². The van der Waals surface area contributed by atoms with Crippen LogP contribution in [-0.2, 0) is 28.9 Å². The number of halogens is 1. The molecule has 5 rings (SSSR count). The standard InChI is InChI=1S/C32H35ClN6O5S/c1-4-28(40)36-23-7-5-21(6-8-23)9-11-39-30-22(20-35-32(37-30)34-10-12-38-13-15-45(42)16-14-38)17-26(31(39)41)25-18-24(43-2)19-27(44-3)29(25)33/h4-8,17-20H,1,9-16H2,2-3H3,(H,36,40)(H,34,35,37). The summed E-state index contributed by atoms with van der Waals surface area (Å²) in [7, 11) is 3.04. The fraction of sp³-hybridized carbons (Fsp3) is 0.312. The number of ether oxygens (including phenoxy) is 2. The summed E-state index contributed by atoms with van der Waals surface area (Å²) in [4.78, 5) is 37.4. The molecule has 1 saturated heterocycles. The van der Waals surface area contributed by atoms with Crippen molar-refractivity contribution in [2.45, 2.75) is 13.0 Å². The average Bonchev–Trinajstić information content (AvgIpc) is 3.06. The number of hydrogen-bond acceptors (Lipinski definition) is 9. The molecule has 3 heterocycles. The molecule has 4 aromatic rings. The molecule has 0 spiro atoms. The first-order chi connectivity index (χ1) is 21.8. The zero-order valence-corrected chi connectivity index (χ0v) is 26.7. The number of amides is 1. The second kappa shape index (κ2) is 14.8. The van der Waals surface area contributed by atoms with Crippen LogP contribution in [0.1, 0.15) is 5.56 Å². The Morgan fingerprint density at radius 3 is 2.56 bits per heavy atom. The number of fused-ring (bicyclic) bond motifs is 1. The van der Waals surface area contributed by atoms with Crippen molar-refractivity contribution in [3.8, 4) is 22.6 Å². The summed E-state index contributed by atoms with van der Waals surface area (Å²) in [6.45, 7) is 6.77. The first-order valence-electron chi connectivity index (χ1n) is 14.5. The van der Waals surface area contributed by atoms with E-state index in [9.17, 15) is 14.1 Å². The fourth-order valence-electron chi connectivity index (χ4n) is 5.09. The number of aromatic nitrogens is 3. The average molecular weight is 651 g/mol. The van der Waals surface area contributed by atoms with E-state index in [0.29, 0.717) is 81.3 Å². The number of nitrogens with zero attached hydrogens (tertiary/aromatic N) is 4. The van der Waals surface area contributed by atoms with E-state index < -0.39 is 11.2 Å². The van der Waals surface area contributed by atoms with Crippen molar-refractivity contribution in [3.63, 3.8) is 0 Å². The second-order valence-electron chi connectivity index (χ2n) is 10.4. The Kier molecular flexibility index (Phi) is 10.6. The molecule has 1 fully saturated rings. The molecule has 0 atom stereocenters. The van der Waals surface area contributed by atoms with Crippen LogP contribution in [0.15, 0.2) is 66.1 Å². The molecular weight excluding hydrogens is 616 g/mol. The molecule has 0 radical (unpaired) electrons. The normalized spacial score (nSPS) is 13.9. The number of methoxy groups -OCH3 is 2. The quantitative estimate of drug-likeness (QED) is 0.173. The van der Waals surface area contributed by atoms with Crippen LogP contribution in [0.4, 0.5) is 11.6 Å². The largest absolute Gasteiger partial charge is 0.616 e. The molecule has 0 saturated carbocycles. The summed E-state index contributed by atoms with van der Waals surface area (Å²) in [6.07, 6.45) is 3.42. The van der Waals surface area contributed by atoms with Crippen molar-refractivity contribution in [2.24, 2.45) is 0 Å². The third kappa shape index (κ3) is 7.77. The Morgan fingerprint density at radius 2 is 1.87 bits per heavy atom. The Labute approximate surface area is 269 Å². The van der Waals surface area contributed by atoms with E-state index in [1.165, 1.54) is 20.3 Å². The van der Waals surface area contributed by atoms with Gasteiger partial charge in [0.05, 0.1) is 19.2 Å². The maximum atomic E-state index is 14.2. The van der Waals surface area contributed by atoms with Crippen LogP contribution in [0.25, 0.3) is 22.2 Å². The van der Waals surface area contributed by atoms with E-state index in [2.05, 4.69) is 27.1 Å². The molecule has 1 amide bonds. The van der Waals surface area contributed by atoms with Crippen LogP contribution in [0, 0.1) is 0 Å². The first kappa shape index (κ1) is 32.3. The first-order valence-corrected chi connectivity index (χ1v) is 16.3. The van der Waals surface area contributed by atoms with Crippen molar-refractivity contribution in [3.05, 3.63) is 82.3 Å². The van der Waals surface area contributed by atoms with Gasteiger partial charge in [-0.15, -0.1) is 0 Å². The lowest BCUT2D eigenvalue weighted by Crippen LogP contribution is -2.42. The summed E-state index contributed by atoms with van der Waals surface area (Å²) in [5, 5.41) is 6.96. The molecule has 11 nitrogen and oxygen atoms in total. The van der Waals surface area contributed by atoms with Gasteiger partial charge in [-0.05, 0) is 42.3 Å². The van der Waals surface area contributed by atoms with Crippen molar-refractivity contribution in [1.82, 2.24) is 19.4 Å². The van der Waals surface area contributed by atoms with Gasteiger partial charge in [0, 0.05) is 67.2 Å². The van der Waals surface area contributed by atoms with Crippen LogP contribution in [-0.4, -0.2) is 81.8 Å². The molecule has 2 aromatic carbocycles. The maximum Gasteiger partial charge on any atom is 0.260 e. The van der Waals surface area contributed by atoms with E-state index in [1.54, 1.807) is 41.1 Å². The Bertz CT molecular complexity index is 1740. The van der Waals surface area contributed by atoms with Crippen LogP contribution in [0.2, 0.25) is 5.02 Å². The molecule has 0 aliphatic carbocycles. The topological polar surface area (TPSA) is 134 Å². The summed E-state index contributed by atoms with van der Waals surface area (Å²) in [5.74, 6) is 2.38. The number of aryl methyl sites for hydroxylation is 2. The fourth-order valence-corrected chi connectivity index (χ4v) is 6.51. The number of rotatable bonds is 12. The third-order valence-corrected chi connectivity index (χ3v) is 9.26. The highest BCUT2D eigenvalue weighted by Gasteiger charge is 2.20. The molecule has 2 N–H and O–H groups in total. The summed E-state index contributed by atoms with van der Waals surface area (Å²) in [6, 6.07) is 12.5. The molecule has 2 aromatic heterocycles. The minimum absolute atomic E-state index is 0.277. The van der Waals surface area contributed by atoms with Gasteiger partial charge >= 0.3 is 0 Å². The maximum absolute atomic E-state index is 14.2. The SMILES string of the molecule is C=CC(=O)Nc1ccc(CCn2c(=O)c(-c3cc(OC)cc(OC)c3Cl)cc3cnc(NCCN4CC[S+]([O-])CC4)nc32)cc1. The van der Waals surface area contributed by atoms with Crippen LogP contribution >= 0.6 is 11.6 Å². The molecule has 236 valence electrons. The Morgan fingerprint density at radius 1 is 1.11 bits per heavy atom. The number of carbonyl (C=O) groups is 1. The molecule has 13 heteroatoms. The molecule has 0 bridgehead atoms. The molecule has 0 unspecified atom stereocenters. The summed E-state index contributed by atoms with van der Waals surface area (Å²) < 4.78 is 24.2. The van der Waals surface area contributed by atoms with Gasteiger partial charge in [-0.3, -0.25) is 19.1 Å². The third-order valence-electron chi connectivity index (χ3n) is 7.60. The van der Waals surface area contributed by atoms with Gasteiger partial charge in [0.25, 0.3) is 5.56 Å². The van der Waals surface area contributed by atoms with Gasteiger partial charge < -0.3 is 24.7 Å². The Balaban J connectivity index is 1.48. The van der Waals surface area contributed by atoms with E-state index in [-0.39, 0.29) is 11.5 Å². The van der Waals surface area contributed by atoms with Crippen molar-refractivity contribution < 1.29 is 18.8 Å². The van der Waals surface area contributed by atoms with Gasteiger partial charge in [0.1, 0.15) is 28.7 Å². The minimum Gasteiger partial charge on any atom is -0.616 e. The second-order valence-corrected chi connectivity index (χ2v) is 12.5. The predicted molar refractivity (Wildman–Crippen MR) is 179 cm³/mol. The lowest BCUT2D eigenvalue weighted by Gasteiger charge is -2.27. The van der Waals surface area contributed by atoms with E-state index >= 15 is 0 Å². The minimum atomic E-state index is -0.726. The van der Waals surface area contributed by atoms with Crippen LogP contribution in [0.5, 0.6) is 11.5 Å². The number of nitrogens with one attached hydrogen (secondary N) is 2. The molecule has 1 aliphatic heterocycles. The predicted octanol–water partition coefficient (Wildman–Crippen LogP) is 3.97. The number of benzene rings is 2. The van der Waals surface area contributed by atoms with Crippen molar-refractivity contribution in [1.29, 1.82) is 0 Å². The van der Waals surface area contributed by atoms with Crippen LogP contribution < -0.4 is 25.7 Å². The van der Waals surface area contributed by atoms with Crippen molar-refractivity contribution >= 4 is 51.4 Å². The number of anilines is 2. The van der Waals surface area contributed by atoms with Gasteiger partial charge in [-0.1, -0.05) is 41.5 Å². The van der Waals surface area contributed by atoms with Crippen molar-refractivity contribution in [2.75, 3.05) is 62.5 Å². The zero-order valence-electron chi connectivity index (χ0n) is 25.2. The zero-order chi connectivity index (χ0) is 31.9. The molecule has 45 heavy (non-hydrogen) atoms. The number of carbonyl (C=O) groups excluding carboxylic acids is 1. The van der Waals surface area contributed by atoms with Gasteiger partial charge in [-0.2, -0.15) is 4.98 Å². The van der Waals surface area contributed by atoms with Gasteiger partial charge in [-0.25, -0.2) is 4.98 Å². The van der Waals surface area contributed by atoms with Gasteiger partial charge in [0.2, 0.25) is 11.9 Å². The highest BCUT2D eigenvalue weighted by atomic mass is 35.5. The molecule has 1 aliphatic rings. The van der Waals surface area contributed by atoms with E-state index in [1.807, 2.05) is 12.1 Å². The summed E-state index contributed by atoms with van der Waals surface area (Å²) >= 11 is 5.98. The summed E-state index contributed by atoms with van der Waals surface area (Å²) in [5.41, 5.74) is 2.65. The molecular formula is C32H35ClN6O5S. The lowest BCUT2D eigenvalue weighted by atomic mass is 10.0. The highest BCUT2D eigenvalue weighted by Crippen LogP contribution is 2.38. The monoisotopic (exact) mass is 650 g/mol.